The Morgan fingerprint density at radius 3 is 2.57 bits per heavy atom. The Morgan fingerprint density at radius 1 is 1.30 bits per heavy atom. The summed E-state index contributed by atoms with van der Waals surface area (Å²) in [5, 5.41) is 11.0. The van der Waals surface area contributed by atoms with E-state index in [9.17, 15) is 14.5 Å². The number of hydrogen-bond acceptors (Lipinski definition) is 5. The van der Waals surface area contributed by atoms with Crippen LogP contribution >= 0.6 is 11.6 Å². The van der Waals surface area contributed by atoms with Crippen LogP contribution in [0.5, 0.6) is 11.6 Å². The van der Waals surface area contributed by atoms with Crippen molar-refractivity contribution in [3.8, 4) is 11.6 Å². The summed E-state index contributed by atoms with van der Waals surface area (Å²) in [5.74, 6) is -0.641. The van der Waals surface area contributed by atoms with Gasteiger partial charge in [0.25, 0.3) is 5.69 Å². The van der Waals surface area contributed by atoms with Crippen molar-refractivity contribution >= 4 is 17.3 Å². The first-order chi connectivity index (χ1) is 10.7. The van der Waals surface area contributed by atoms with Gasteiger partial charge in [0.1, 0.15) is 11.3 Å². The maximum Gasteiger partial charge on any atom is 0.272 e. The lowest BCUT2D eigenvalue weighted by molar-refractivity contribution is -0.385. The molecular formula is C15H14ClFN2O4. The zero-order valence-corrected chi connectivity index (χ0v) is 13.4. The number of benzene rings is 1. The van der Waals surface area contributed by atoms with Crippen LogP contribution in [-0.2, 0) is 5.60 Å². The molecule has 0 bridgehead atoms. The molecule has 0 saturated heterocycles. The second kappa shape index (κ2) is 6.37. The number of rotatable bonds is 5. The molecule has 0 aliphatic heterocycles. The van der Waals surface area contributed by atoms with Crippen LogP contribution in [0.25, 0.3) is 0 Å². The van der Waals surface area contributed by atoms with E-state index in [-0.39, 0.29) is 11.4 Å². The largest absolute Gasteiger partial charge is 0.481 e. The first-order valence-electron chi connectivity index (χ1n) is 6.58. The predicted molar refractivity (Wildman–Crippen MR) is 82.5 cm³/mol. The van der Waals surface area contributed by atoms with Crippen molar-refractivity contribution in [2.24, 2.45) is 0 Å². The van der Waals surface area contributed by atoms with Crippen molar-refractivity contribution in [3.63, 3.8) is 0 Å². The monoisotopic (exact) mass is 340 g/mol. The summed E-state index contributed by atoms with van der Waals surface area (Å²) < 4.78 is 24.7. The van der Waals surface area contributed by atoms with Crippen LogP contribution in [-0.4, -0.2) is 17.0 Å². The summed E-state index contributed by atoms with van der Waals surface area (Å²) in [7, 11) is 1.46. The number of methoxy groups -OCH3 is 1. The van der Waals surface area contributed by atoms with Gasteiger partial charge in [-0.15, -0.1) is 0 Å². The van der Waals surface area contributed by atoms with Gasteiger partial charge in [-0.25, -0.2) is 9.37 Å². The van der Waals surface area contributed by atoms with Gasteiger partial charge in [0.2, 0.25) is 5.88 Å². The highest BCUT2D eigenvalue weighted by atomic mass is 35.5. The number of nitro benzene ring substituents is 1. The Labute approximate surface area is 137 Å². The van der Waals surface area contributed by atoms with Crippen LogP contribution in [0.3, 0.4) is 0 Å². The first-order valence-corrected chi connectivity index (χ1v) is 6.96. The maximum absolute atomic E-state index is 14.0. The van der Waals surface area contributed by atoms with E-state index in [1.165, 1.54) is 13.2 Å². The fourth-order valence-electron chi connectivity index (χ4n) is 1.97. The van der Waals surface area contributed by atoms with Gasteiger partial charge in [0, 0.05) is 12.1 Å². The average molecular weight is 341 g/mol. The topological polar surface area (TPSA) is 74.5 Å². The number of nitro groups is 1. The lowest BCUT2D eigenvalue weighted by Crippen LogP contribution is -2.27. The van der Waals surface area contributed by atoms with Crippen molar-refractivity contribution in [1.29, 1.82) is 0 Å². The molecule has 0 spiro atoms. The standard InChI is InChI=1S/C15H14ClFN2O4/c1-15(2,14-10(16)5-7-13(18-14)22-3)23-12-6-4-9(19(20)21)8-11(12)17/h4-8H,1-3H3. The summed E-state index contributed by atoms with van der Waals surface area (Å²) in [6, 6.07) is 6.35. The molecule has 0 aliphatic rings. The third kappa shape index (κ3) is 3.68. The Bertz CT molecular complexity index is 752. The van der Waals surface area contributed by atoms with Crippen molar-refractivity contribution < 1.29 is 18.8 Å². The van der Waals surface area contributed by atoms with Crippen LogP contribution in [0, 0.1) is 15.9 Å². The highest BCUT2D eigenvalue weighted by molar-refractivity contribution is 6.31. The molecule has 0 atom stereocenters. The van der Waals surface area contributed by atoms with Crippen LogP contribution in [0.1, 0.15) is 19.5 Å². The van der Waals surface area contributed by atoms with Gasteiger partial charge in [0.05, 0.1) is 23.1 Å². The Balaban J connectivity index is 2.36. The normalized spacial score (nSPS) is 11.2. The zero-order valence-electron chi connectivity index (χ0n) is 12.7. The Hall–Kier alpha value is -2.41. The van der Waals surface area contributed by atoms with Gasteiger partial charge in [-0.2, -0.15) is 0 Å². The molecule has 1 aromatic heterocycles. The minimum Gasteiger partial charge on any atom is -0.481 e. The van der Waals surface area contributed by atoms with E-state index in [1.54, 1.807) is 26.0 Å². The van der Waals surface area contributed by atoms with E-state index in [2.05, 4.69) is 4.98 Å². The molecule has 1 heterocycles. The lowest BCUT2D eigenvalue weighted by Gasteiger charge is -2.27. The number of ether oxygens (including phenoxy) is 2. The number of non-ortho nitro benzene ring substituents is 1. The highest BCUT2D eigenvalue weighted by Gasteiger charge is 2.29. The SMILES string of the molecule is COc1ccc(Cl)c(C(C)(C)Oc2ccc([N+](=O)[O-])cc2F)n1. The molecule has 1 aromatic carbocycles. The number of halogens is 2. The molecule has 8 heteroatoms. The van der Waals surface area contributed by atoms with Gasteiger partial charge in [-0.3, -0.25) is 10.1 Å². The zero-order chi connectivity index (χ0) is 17.2. The van der Waals surface area contributed by atoms with Crippen LogP contribution in [0.15, 0.2) is 30.3 Å². The number of nitrogens with zero attached hydrogens (tertiary/aromatic N) is 2. The summed E-state index contributed by atoms with van der Waals surface area (Å²) in [6.07, 6.45) is 0. The molecule has 6 nitrogen and oxygen atoms in total. The second-order valence-corrected chi connectivity index (χ2v) is 5.58. The first kappa shape index (κ1) is 17.0. The average Bonchev–Trinajstić information content (AvgIpc) is 2.49. The van der Waals surface area contributed by atoms with E-state index in [0.29, 0.717) is 16.6 Å². The minimum atomic E-state index is -1.08. The quantitative estimate of drug-likeness (QED) is 0.605. The van der Waals surface area contributed by atoms with Gasteiger partial charge in [-0.1, -0.05) is 11.6 Å². The molecule has 0 aliphatic carbocycles. The second-order valence-electron chi connectivity index (χ2n) is 5.17. The minimum absolute atomic E-state index is 0.138. The van der Waals surface area contributed by atoms with E-state index >= 15 is 0 Å². The Morgan fingerprint density at radius 2 is 2.00 bits per heavy atom. The van der Waals surface area contributed by atoms with Crippen LogP contribution in [0.4, 0.5) is 10.1 Å². The highest BCUT2D eigenvalue weighted by Crippen LogP contribution is 2.34. The molecule has 0 saturated carbocycles. The molecule has 2 aromatic rings. The van der Waals surface area contributed by atoms with E-state index in [1.807, 2.05) is 0 Å². The number of hydrogen-bond donors (Lipinski definition) is 0. The molecule has 2 rings (SSSR count). The summed E-state index contributed by atoms with van der Waals surface area (Å²) in [4.78, 5) is 14.2. The Kier molecular flexibility index (Phi) is 4.70. The van der Waals surface area contributed by atoms with Crippen molar-refractivity contribution in [3.05, 3.63) is 57.0 Å². The lowest BCUT2D eigenvalue weighted by atomic mass is 10.0. The maximum atomic E-state index is 14.0. The van der Waals surface area contributed by atoms with Crippen LogP contribution in [0.2, 0.25) is 5.02 Å². The summed E-state index contributed by atoms with van der Waals surface area (Å²) in [5.41, 5.74) is -1.08. The molecule has 122 valence electrons. The van der Waals surface area contributed by atoms with Crippen molar-refractivity contribution in [1.82, 2.24) is 4.98 Å². The molecule has 0 radical (unpaired) electrons. The fraction of sp³-hybridized carbons (Fsp3) is 0.267. The molecule has 0 fully saturated rings. The van der Waals surface area contributed by atoms with Gasteiger partial charge < -0.3 is 9.47 Å². The molecular weight excluding hydrogens is 327 g/mol. The summed E-state index contributed by atoms with van der Waals surface area (Å²) in [6.45, 7) is 3.31. The van der Waals surface area contributed by atoms with Gasteiger partial charge in [0.15, 0.2) is 11.6 Å². The molecule has 23 heavy (non-hydrogen) atoms. The summed E-state index contributed by atoms with van der Waals surface area (Å²) >= 11 is 6.13. The predicted octanol–water partition coefficient (Wildman–Crippen LogP) is 4.11. The molecule has 0 N–H and O–H groups in total. The van der Waals surface area contributed by atoms with E-state index < -0.39 is 16.3 Å². The van der Waals surface area contributed by atoms with Gasteiger partial charge >= 0.3 is 0 Å². The van der Waals surface area contributed by atoms with E-state index in [4.69, 9.17) is 21.1 Å². The molecule has 0 amide bonds. The third-order valence-corrected chi connectivity index (χ3v) is 3.40. The van der Waals surface area contributed by atoms with E-state index in [0.717, 1.165) is 12.1 Å². The number of pyridine rings is 1. The molecule has 0 unspecified atom stereocenters. The van der Waals surface area contributed by atoms with Crippen molar-refractivity contribution in [2.75, 3.05) is 7.11 Å². The van der Waals surface area contributed by atoms with Crippen LogP contribution < -0.4 is 9.47 Å². The third-order valence-electron chi connectivity index (χ3n) is 3.09. The smallest absolute Gasteiger partial charge is 0.272 e. The van der Waals surface area contributed by atoms with Gasteiger partial charge in [-0.05, 0) is 26.0 Å². The fourth-order valence-corrected chi connectivity index (χ4v) is 2.30. The number of aromatic nitrogens is 1. The van der Waals surface area contributed by atoms with Crippen molar-refractivity contribution in [2.45, 2.75) is 19.4 Å².